The molecule has 1 aromatic carbocycles. The van der Waals surface area contributed by atoms with Crippen molar-refractivity contribution >= 4 is 27.5 Å². The van der Waals surface area contributed by atoms with E-state index in [0.717, 1.165) is 11.4 Å². The molecule has 4 heteroatoms. The summed E-state index contributed by atoms with van der Waals surface area (Å²) in [4.78, 5) is 11.1. The molecule has 0 radical (unpaired) electrons. The molecule has 1 atom stereocenters. The average Bonchev–Trinajstić information content (AvgIpc) is 2.19. The number of anilines is 1. The van der Waals surface area contributed by atoms with Gasteiger partial charge in [-0.3, -0.25) is 4.79 Å². The van der Waals surface area contributed by atoms with Gasteiger partial charge in [-0.05, 0) is 31.2 Å². The van der Waals surface area contributed by atoms with Gasteiger partial charge in [-0.2, -0.15) is 0 Å². The number of amides is 1. The molecule has 0 aliphatic carbocycles. The van der Waals surface area contributed by atoms with Crippen molar-refractivity contribution in [1.29, 1.82) is 0 Å². The van der Waals surface area contributed by atoms with Crippen molar-refractivity contribution in [3.05, 3.63) is 24.3 Å². The van der Waals surface area contributed by atoms with Crippen molar-refractivity contribution in [3.63, 3.8) is 0 Å². The Morgan fingerprint density at radius 3 is 2.43 bits per heavy atom. The number of benzene rings is 1. The van der Waals surface area contributed by atoms with Crippen LogP contribution < -0.4 is 10.1 Å². The quantitative estimate of drug-likeness (QED) is 0.845. The summed E-state index contributed by atoms with van der Waals surface area (Å²) in [5, 5.41) is 2.75. The number of nitrogens with one attached hydrogen (secondary N) is 1. The second-order valence-electron chi connectivity index (χ2n) is 2.83. The number of hydrogen-bond acceptors (Lipinski definition) is 2. The zero-order chi connectivity index (χ0) is 10.6. The minimum absolute atomic E-state index is 0.0600. The molecule has 0 spiro atoms. The van der Waals surface area contributed by atoms with Gasteiger partial charge in [-0.15, -0.1) is 0 Å². The van der Waals surface area contributed by atoms with Gasteiger partial charge in [0, 0.05) is 5.69 Å². The fourth-order valence-electron chi connectivity index (χ4n) is 0.916. The summed E-state index contributed by atoms with van der Waals surface area (Å²) in [6.45, 7) is 1.78. The summed E-state index contributed by atoms with van der Waals surface area (Å²) in [6, 6.07) is 7.20. The minimum Gasteiger partial charge on any atom is -0.497 e. The first-order valence-electron chi connectivity index (χ1n) is 4.22. The molecule has 0 heterocycles. The Labute approximate surface area is 91.6 Å². The topological polar surface area (TPSA) is 38.3 Å². The number of carbonyl (C=O) groups excluding carboxylic acids is 1. The van der Waals surface area contributed by atoms with E-state index < -0.39 is 0 Å². The van der Waals surface area contributed by atoms with Crippen molar-refractivity contribution < 1.29 is 9.53 Å². The van der Waals surface area contributed by atoms with E-state index in [4.69, 9.17) is 4.74 Å². The Hall–Kier alpha value is -1.03. The van der Waals surface area contributed by atoms with E-state index in [1.54, 1.807) is 38.3 Å². The summed E-state index contributed by atoms with van der Waals surface area (Å²) in [5.74, 6) is 0.713. The molecule has 1 aromatic rings. The largest absolute Gasteiger partial charge is 0.497 e. The van der Waals surface area contributed by atoms with Crippen LogP contribution in [-0.4, -0.2) is 17.8 Å². The third-order valence-corrected chi connectivity index (χ3v) is 2.13. The molecule has 76 valence electrons. The molecular weight excluding hydrogens is 246 g/mol. The average molecular weight is 258 g/mol. The molecule has 0 aromatic heterocycles. The van der Waals surface area contributed by atoms with Crippen LogP contribution in [-0.2, 0) is 4.79 Å². The second-order valence-corrected chi connectivity index (χ2v) is 4.21. The van der Waals surface area contributed by atoms with Gasteiger partial charge in [0.1, 0.15) is 5.75 Å². The number of alkyl halides is 1. The molecular formula is C10H12BrNO2. The first kappa shape index (κ1) is 11.0. The maximum atomic E-state index is 11.3. The highest BCUT2D eigenvalue weighted by Gasteiger charge is 2.07. The van der Waals surface area contributed by atoms with Crippen LogP contribution in [0.2, 0.25) is 0 Å². The van der Waals surface area contributed by atoms with Crippen molar-refractivity contribution in [3.8, 4) is 5.75 Å². The summed E-state index contributed by atoms with van der Waals surface area (Å²) >= 11 is 3.19. The molecule has 0 bridgehead atoms. The van der Waals surface area contributed by atoms with Crippen LogP contribution in [0.4, 0.5) is 5.69 Å². The van der Waals surface area contributed by atoms with Crippen molar-refractivity contribution in [1.82, 2.24) is 0 Å². The summed E-state index contributed by atoms with van der Waals surface area (Å²) in [6.07, 6.45) is 0. The van der Waals surface area contributed by atoms with Crippen LogP contribution >= 0.6 is 15.9 Å². The van der Waals surface area contributed by atoms with E-state index >= 15 is 0 Å². The summed E-state index contributed by atoms with van der Waals surface area (Å²) in [5.41, 5.74) is 0.766. The zero-order valence-corrected chi connectivity index (χ0v) is 9.67. The van der Waals surface area contributed by atoms with Crippen molar-refractivity contribution in [2.75, 3.05) is 12.4 Å². The Balaban J connectivity index is 2.64. The molecule has 0 saturated heterocycles. The molecule has 0 saturated carbocycles. The molecule has 0 unspecified atom stereocenters. The number of carbonyl (C=O) groups is 1. The summed E-state index contributed by atoms with van der Waals surface area (Å²) < 4.78 is 5.00. The predicted octanol–water partition coefficient (Wildman–Crippen LogP) is 2.42. The Bertz CT molecular complexity index is 308. The standard InChI is InChI=1S/C10H12BrNO2/c1-7(11)10(13)12-8-3-5-9(14-2)6-4-8/h3-7H,1-2H3,(H,12,13)/t7-/m1/s1. The molecule has 1 N–H and O–H groups in total. The van der Waals surface area contributed by atoms with Gasteiger partial charge in [0.05, 0.1) is 11.9 Å². The third-order valence-electron chi connectivity index (χ3n) is 1.72. The highest BCUT2D eigenvalue weighted by atomic mass is 79.9. The van der Waals surface area contributed by atoms with Crippen LogP contribution in [0.5, 0.6) is 5.75 Å². The Morgan fingerprint density at radius 2 is 2.00 bits per heavy atom. The summed E-state index contributed by atoms with van der Waals surface area (Å²) in [7, 11) is 1.61. The lowest BCUT2D eigenvalue weighted by atomic mass is 10.3. The van der Waals surface area contributed by atoms with Crippen LogP contribution in [0.3, 0.4) is 0 Å². The van der Waals surface area contributed by atoms with Gasteiger partial charge in [-0.1, -0.05) is 15.9 Å². The Kier molecular flexibility index (Phi) is 3.95. The Morgan fingerprint density at radius 1 is 1.43 bits per heavy atom. The van der Waals surface area contributed by atoms with Crippen LogP contribution in [0.25, 0.3) is 0 Å². The number of halogens is 1. The van der Waals surface area contributed by atoms with E-state index in [1.165, 1.54) is 0 Å². The van der Waals surface area contributed by atoms with Gasteiger partial charge in [0.25, 0.3) is 0 Å². The fourth-order valence-corrected chi connectivity index (χ4v) is 1.03. The third kappa shape index (κ3) is 3.03. The molecule has 0 aliphatic heterocycles. The first-order valence-corrected chi connectivity index (χ1v) is 5.14. The van der Waals surface area contributed by atoms with E-state index in [-0.39, 0.29) is 10.7 Å². The van der Waals surface area contributed by atoms with Gasteiger partial charge in [0.2, 0.25) is 5.91 Å². The van der Waals surface area contributed by atoms with Gasteiger partial charge >= 0.3 is 0 Å². The highest BCUT2D eigenvalue weighted by Crippen LogP contribution is 2.15. The van der Waals surface area contributed by atoms with E-state index in [0.29, 0.717) is 0 Å². The molecule has 3 nitrogen and oxygen atoms in total. The highest BCUT2D eigenvalue weighted by molar-refractivity contribution is 9.10. The van der Waals surface area contributed by atoms with E-state index in [1.807, 2.05) is 0 Å². The number of methoxy groups -OCH3 is 1. The lowest BCUT2D eigenvalue weighted by Crippen LogP contribution is -2.19. The van der Waals surface area contributed by atoms with Gasteiger partial charge < -0.3 is 10.1 Å². The zero-order valence-electron chi connectivity index (χ0n) is 8.08. The van der Waals surface area contributed by atoms with Crippen LogP contribution in [0.15, 0.2) is 24.3 Å². The molecule has 14 heavy (non-hydrogen) atoms. The predicted molar refractivity (Wildman–Crippen MR) is 60.0 cm³/mol. The number of rotatable bonds is 3. The second kappa shape index (κ2) is 5.00. The van der Waals surface area contributed by atoms with Gasteiger partial charge in [0.15, 0.2) is 0 Å². The maximum Gasteiger partial charge on any atom is 0.237 e. The molecule has 0 aliphatic rings. The molecule has 1 rings (SSSR count). The minimum atomic E-state index is -0.190. The van der Waals surface area contributed by atoms with Crippen LogP contribution in [0, 0.1) is 0 Å². The number of ether oxygens (including phenoxy) is 1. The normalized spacial score (nSPS) is 11.9. The number of hydrogen-bond donors (Lipinski definition) is 1. The lowest BCUT2D eigenvalue weighted by molar-refractivity contribution is -0.115. The molecule has 1 amide bonds. The SMILES string of the molecule is COc1ccc(NC(=O)[C@@H](C)Br)cc1. The monoisotopic (exact) mass is 257 g/mol. The molecule has 0 fully saturated rings. The first-order chi connectivity index (χ1) is 6.63. The van der Waals surface area contributed by atoms with Crippen molar-refractivity contribution in [2.45, 2.75) is 11.8 Å². The fraction of sp³-hybridized carbons (Fsp3) is 0.300. The van der Waals surface area contributed by atoms with Gasteiger partial charge in [-0.25, -0.2) is 0 Å². The maximum absolute atomic E-state index is 11.3. The van der Waals surface area contributed by atoms with Crippen LogP contribution in [0.1, 0.15) is 6.92 Å². The smallest absolute Gasteiger partial charge is 0.237 e. The lowest BCUT2D eigenvalue weighted by Gasteiger charge is -2.07. The van der Waals surface area contributed by atoms with Crippen molar-refractivity contribution in [2.24, 2.45) is 0 Å². The van der Waals surface area contributed by atoms with E-state index in [2.05, 4.69) is 21.2 Å². The van der Waals surface area contributed by atoms with E-state index in [9.17, 15) is 4.79 Å².